The summed E-state index contributed by atoms with van der Waals surface area (Å²) in [7, 11) is 0. The van der Waals surface area contributed by atoms with Crippen LogP contribution in [0.25, 0.3) is 0 Å². The van der Waals surface area contributed by atoms with Crippen molar-refractivity contribution in [2.75, 3.05) is 5.73 Å². The Balaban J connectivity index is 2.04. The van der Waals surface area contributed by atoms with Gasteiger partial charge in [0, 0.05) is 9.75 Å². The number of nitrogens with zero attached hydrogens (tertiary/aromatic N) is 2. The Morgan fingerprint density at radius 1 is 1.24 bits per heavy atom. The van der Waals surface area contributed by atoms with E-state index in [4.69, 9.17) is 5.73 Å². The molecule has 0 saturated carbocycles. The van der Waals surface area contributed by atoms with E-state index in [0.29, 0.717) is 11.6 Å². The van der Waals surface area contributed by atoms with Crippen LogP contribution in [0.15, 0.2) is 0 Å². The lowest BCUT2D eigenvalue weighted by Crippen LogP contribution is -2.29. The number of thiazole rings is 2. The van der Waals surface area contributed by atoms with Crippen molar-refractivity contribution >= 4 is 33.7 Å². The summed E-state index contributed by atoms with van der Waals surface area (Å²) in [6.45, 7) is 7.97. The van der Waals surface area contributed by atoms with Crippen LogP contribution in [-0.2, 0) is 11.2 Å². The van der Waals surface area contributed by atoms with Crippen LogP contribution in [0.3, 0.4) is 0 Å². The van der Waals surface area contributed by atoms with Gasteiger partial charge in [0.15, 0.2) is 5.13 Å². The number of rotatable bonds is 5. The van der Waals surface area contributed by atoms with Crippen molar-refractivity contribution < 1.29 is 4.79 Å². The molecule has 114 valence electrons. The van der Waals surface area contributed by atoms with Gasteiger partial charge in [0.2, 0.25) is 5.91 Å². The van der Waals surface area contributed by atoms with Crippen molar-refractivity contribution in [1.82, 2.24) is 15.3 Å². The maximum absolute atomic E-state index is 12.2. The monoisotopic (exact) mass is 324 g/mol. The van der Waals surface area contributed by atoms with E-state index in [9.17, 15) is 4.79 Å². The Hall–Kier alpha value is -1.47. The van der Waals surface area contributed by atoms with Gasteiger partial charge in [-0.25, -0.2) is 9.97 Å². The first-order valence-electron chi connectivity index (χ1n) is 6.85. The molecule has 0 spiro atoms. The molecule has 0 aromatic carbocycles. The first-order chi connectivity index (χ1) is 9.90. The second kappa shape index (κ2) is 6.53. The number of nitrogens with two attached hydrogens (primary N) is 1. The topological polar surface area (TPSA) is 80.9 Å². The number of carbonyl (C=O) groups excluding carboxylic acids is 1. The molecule has 2 aromatic rings. The van der Waals surface area contributed by atoms with Crippen molar-refractivity contribution in [2.24, 2.45) is 0 Å². The predicted molar refractivity (Wildman–Crippen MR) is 87.7 cm³/mol. The average Bonchev–Trinajstić information content (AvgIpc) is 2.90. The summed E-state index contributed by atoms with van der Waals surface area (Å²) in [5, 5.41) is 4.54. The van der Waals surface area contributed by atoms with Gasteiger partial charge < -0.3 is 11.1 Å². The van der Waals surface area contributed by atoms with Crippen LogP contribution in [0.1, 0.15) is 45.5 Å². The second-order valence-electron chi connectivity index (χ2n) is 4.96. The molecule has 2 heterocycles. The van der Waals surface area contributed by atoms with Crippen LogP contribution in [0.5, 0.6) is 0 Å². The number of anilines is 1. The van der Waals surface area contributed by atoms with Gasteiger partial charge in [-0.15, -0.1) is 22.7 Å². The van der Waals surface area contributed by atoms with Crippen molar-refractivity contribution in [2.45, 2.75) is 46.6 Å². The summed E-state index contributed by atoms with van der Waals surface area (Å²) >= 11 is 3.02. The lowest BCUT2D eigenvalue weighted by Gasteiger charge is -2.14. The summed E-state index contributed by atoms with van der Waals surface area (Å²) in [6, 6.07) is -0.0273. The van der Waals surface area contributed by atoms with E-state index in [-0.39, 0.29) is 11.9 Å². The Labute approximate surface area is 132 Å². The van der Waals surface area contributed by atoms with Gasteiger partial charge in [0.1, 0.15) is 5.01 Å². The van der Waals surface area contributed by atoms with Crippen molar-refractivity contribution in [1.29, 1.82) is 0 Å². The molecule has 1 amide bonds. The Kier molecular flexibility index (Phi) is 4.95. The van der Waals surface area contributed by atoms with Crippen LogP contribution >= 0.6 is 22.7 Å². The number of hydrogen-bond acceptors (Lipinski definition) is 6. The largest absolute Gasteiger partial charge is 0.375 e. The standard InChI is InChI=1S/C14H20N4OS2/c1-5-10(13-16-7(2)9(4)20-13)18-12(19)6-11-8(3)17-14(15)21-11/h10H,5-6H2,1-4H3,(H2,15,17)(H,18,19). The highest BCUT2D eigenvalue weighted by Gasteiger charge is 2.18. The summed E-state index contributed by atoms with van der Waals surface area (Å²) < 4.78 is 0. The van der Waals surface area contributed by atoms with Gasteiger partial charge in [-0.2, -0.15) is 0 Å². The molecule has 1 unspecified atom stereocenters. The second-order valence-corrected chi connectivity index (χ2v) is 7.31. The van der Waals surface area contributed by atoms with Gasteiger partial charge in [-0.3, -0.25) is 4.79 Å². The first kappa shape index (κ1) is 15.9. The minimum absolute atomic E-state index is 0.0147. The maximum atomic E-state index is 12.2. The fourth-order valence-corrected chi connectivity index (χ4v) is 3.88. The molecule has 2 rings (SSSR count). The zero-order valence-electron chi connectivity index (χ0n) is 12.7. The van der Waals surface area contributed by atoms with Crippen LogP contribution in [-0.4, -0.2) is 15.9 Å². The fraction of sp³-hybridized carbons (Fsp3) is 0.500. The molecule has 3 N–H and O–H groups in total. The Morgan fingerprint density at radius 3 is 2.43 bits per heavy atom. The lowest BCUT2D eigenvalue weighted by atomic mass is 10.2. The number of hydrogen-bond donors (Lipinski definition) is 2. The molecule has 5 nitrogen and oxygen atoms in total. The minimum atomic E-state index is -0.0273. The van der Waals surface area contributed by atoms with Crippen molar-refractivity contribution in [3.05, 3.63) is 26.1 Å². The number of carbonyl (C=O) groups is 1. The first-order valence-corrected chi connectivity index (χ1v) is 8.49. The van der Waals surface area contributed by atoms with Crippen molar-refractivity contribution in [3.8, 4) is 0 Å². The number of nitrogen functional groups attached to an aromatic ring is 1. The minimum Gasteiger partial charge on any atom is -0.375 e. The predicted octanol–water partition coefficient (Wildman–Crippen LogP) is 2.92. The van der Waals surface area contributed by atoms with Gasteiger partial charge >= 0.3 is 0 Å². The van der Waals surface area contributed by atoms with E-state index < -0.39 is 0 Å². The third-order valence-electron chi connectivity index (χ3n) is 3.32. The van der Waals surface area contributed by atoms with E-state index >= 15 is 0 Å². The Morgan fingerprint density at radius 2 is 1.95 bits per heavy atom. The van der Waals surface area contributed by atoms with E-state index in [1.165, 1.54) is 16.2 Å². The van der Waals surface area contributed by atoms with Crippen LogP contribution in [0.2, 0.25) is 0 Å². The van der Waals surface area contributed by atoms with E-state index in [0.717, 1.165) is 27.7 Å². The number of aryl methyl sites for hydroxylation is 3. The van der Waals surface area contributed by atoms with Gasteiger partial charge in [0.05, 0.1) is 23.9 Å². The van der Waals surface area contributed by atoms with Crippen LogP contribution in [0, 0.1) is 20.8 Å². The SMILES string of the molecule is CCC(NC(=O)Cc1sc(N)nc1C)c1nc(C)c(C)s1. The molecule has 0 fully saturated rings. The molecule has 0 aliphatic rings. The summed E-state index contributed by atoms with van der Waals surface area (Å²) in [5.41, 5.74) is 7.53. The smallest absolute Gasteiger partial charge is 0.225 e. The molecule has 0 radical (unpaired) electrons. The molecule has 0 saturated heterocycles. The average molecular weight is 324 g/mol. The summed E-state index contributed by atoms with van der Waals surface area (Å²) in [6.07, 6.45) is 1.14. The molecular weight excluding hydrogens is 304 g/mol. The fourth-order valence-electron chi connectivity index (χ4n) is 1.99. The molecule has 0 bridgehead atoms. The zero-order valence-corrected chi connectivity index (χ0v) is 14.3. The third kappa shape index (κ3) is 3.79. The molecule has 0 aliphatic carbocycles. The number of amides is 1. The maximum Gasteiger partial charge on any atom is 0.225 e. The summed E-state index contributed by atoms with van der Waals surface area (Å²) in [5.74, 6) is -0.0147. The number of aromatic nitrogens is 2. The summed E-state index contributed by atoms with van der Waals surface area (Å²) in [4.78, 5) is 23.0. The van der Waals surface area contributed by atoms with Gasteiger partial charge in [-0.05, 0) is 27.2 Å². The highest BCUT2D eigenvalue weighted by atomic mass is 32.1. The molecule has 21 heavy (non-hydrogen) atoms. The van der Waals surface area contributed by atoms with E-state index in [1.54, 1.807) is 11.3 Å². The highest BCUT2D eigenvalue weighted by molar-refractivity contribution is 7.15. The van der Waals surface area contributed by atoms with Gasteiger partial charge in [0.25, 0.3) is 0 Å². The highest BCUT2D eigenvalue weighted by Crippen LogP contribution is 2.25. The molecule has 7 heteroatoms. The van der Waals surface area contributed by atoms with Crippen molar-refractivity contribution in [3.63, 3.8) is 0 Å². The van der Waals surface area contributed by atoms with Crippen LogP contribution < -0.4 is 11.1 Å². The molecule has 0 aliphatic heterocycles. The zero-order chi connectivity index (χ0) is 15.6. The lowest BCUT2D eigenvalue weighted by molar-refractivity contribution is -0.121. The molecule has 1 atom stereocenters. The number of nitrogens with one attached hydrogen (secondary N) is 1. The van der Waals surface area contributed by atoms with E-state index in [1.807, 2.05) is 20.8 Å². The van der Waals surface area contributed by atoms with E-state index in [2.05, 4.69) is 22.2 Å². The van der Waals surface area contributed by atoms with Crippen LogP contribution in [0.4, 0.5) is 5.13 Å². The third-order valence-corrected chi connectivity index (χ3v) is 5.49. The molecule has 2 aromatic heterocycles. The normalized spacial score (nSPS) is 12.4. The Bertz CT molecular complexity index is 628. The van der Waals surface area contributed by atoms with Gasteiger partial charge in [-0.1, -0.05) is 6.92 Å². The quantitative estimate of drug-likeness (QED) is 0.886. The molecular formula is C14H20N4OS2.